The molecule has 0 saturated heterocycles. The van der Waals surface area contributed by atoms with Gasteiger partial charge in [-0.1, -0.05) is 30.9 Å². The highest BCUT2D eigenvalue weighted by molar-refractivity contribution is 5.92. The van der Waals surface area contributed by atoms with Crippen molar-refractivity contribution in [2.45, 2.75) is 13.3 Å². The lowest BCUT2D eigenvalue weighted by Crippen LogP contribution is -2.34. The third-order valence-corrected chi connectivity index (χ3v) is 5.47. The molecule has 0 spiro atoms. The third kappa shape index (κ3) is 4.27. The number of pyridine rings is 1. The van der Waals surface area contributed by atoms with E-state index in [0.29, 0.717) is 36.8 Å². The molecule has 0 fully saturated rings. The summed E-state index contributed by atoms with van der Waals surface area (Å²) < 4.78 is 21.0. The topological polar surface area (TPSA) is 73.4 Å². The van der Waals surface area contributed by atoms with E-state index in [1.54, 1.807) is 0 Å². The van der Waals surface area contributed by atoms with Crippen LogP contribution in [0.2, 0.25) is 0 Å². The van der Waals surface area contributed by atoms with Crippen LogP contribution < -0.4 is 10.5 Å². The van der Waals surface area contributed by atoms with Crippen molar-refractivity contribution < 1.29 is 13.9 Å². The summed E-state index contributed by atoms with van der Waals surface area (Å²) in [6, 6.07) is 13.3. The number of anilines is 1. The number of amides is 1. The molecule has 3 aromatic rings. The molecule has 0 radical (unpaired) electrons. The fourth-order valence-corrected chi connectivity index (χ4v) is 3.97. The zero-order valence-corrected chi connectivity index (χ0v) is 18.1. The minimum Gasteiger partial charge on any atom is -0.439 e. The van der Waals surface area contributed by atoms with E-state index in [9.17, 15) is 9.18 Å². The van der Waals surface area contributed by atoms with Crippen LogP contribution in [-0.4, -0.2) is 33.4 Å². The van der Waals surface area contributed by atoms with Crippen molar-refractivity contribution in [1.29, 1.82) is 0 Å². The minimum absolute atomic E-state index is 0.331. The monoisotopic (exact) mass is 432 g/mol. The van der Waals surface area contributed by atoms with Gasteiger partial charge in [-0.25, -0.2) is 9.37 Å². The molecule has 0 atom stereocenters. The molecule has 0 unspecified atom stereocenters. The van der Waals surface area contributed by atoms with Gasteiger partial charge in [0.15, 0.2) is 5.83 Å². The third-order valence-electron chi connectivity index (χ3n) is 5.47. The number of nitrogen functional groups attached to an aromatic ring is 1. The van der Waals surface area contributed by atoms with Crippen LogP contribution in [-0.2, 0) is 11.8 Å². The zero-order chi connectivity index (χ0) is 22.8. The number of carbonyl (C=O) groups is 1. The van der Waals surface area contributed by atoms with Crippen LogP contribution in [0, 0.1) is 6.92 Å². The molecule has 1 aliphatic heterocycles. The summed E-state index contributed by atoms with van der Waals surface area (Å²) in [5.74, 6) is -0.375. The molecule has 1 amide bonds. The maximum absolute atomic E-state index is 13.2. The van der Waals surface area contributed by atoms with Crippen LogP contribution >= 0.6 is 0 Å². The predicted octanol–water partition coefficient (Wildman–Crippen LogP) is 4.87. The number of aryl methyl sites for hydroxylation is 2. The summed E-state index contributed by atoms with van der Waals surface area (Å²) in [5, 5.41) is 0. The number of hydrogen-bond acceptors (Lipinski definition) is 4. The average Bonchev–Trinajstić information content (AvgIpc) is 3.07. The van der Waals surface area contributed by atoms with Gasteiger partial charge in [0.1, 0.15) is 5.75 Å². The first kappa shape index (κ1) is 21.4. The van der Waals surface area contributed by atoms with Gasteiger partial charge >= 0.3 is 0 Å². The molecule has 2 N–H and O–H groups in total. The Morgan fingerprint density at radius 1 is 1.22 bits per heavy atom. The van der Waals surface area contributed by atoms with E-state index >= 15 is 0 Å². The van der Waals surface area contributed by atoms with Gasteiger partial charge in [-0.2, -0.15) is 0 Å². The first-order valence-corrected chi connectivity index (χ1v) is 10.3. The molecule has 0 bridgehead atoms. The molecule has 6 nitrogen and oxygen atoms in total. The second kappa shape index (κ2) is 8.70. The van der Waals surface area contributed by atoms with Gasteiger partial charge in [0.2, 0.25) is 5.88 Å². The van der Waals surface area contributed by atoms with Crippen LogP contribution in [0.5, 0.6) is 11.6 Å². The average molecular weight is 432 g/mol. The first-order valence-electron chi connectivity index (χ1n) is 10.3. The fraction of sp³-hybridized carbons (Fsp3) is 0.200. The summed E-state index contributed by atoms with van der Waals surface area (Å²) in [5.41, 5.74) is 11.8. The second-order valence-electron chi connectivity index (χ2n) is 7.80. The normalized spacial score (nSPS) is 13.6. The summed E-state index contributed by atoms with van der Waals surface area (Å²) in [7, 11) is 1.94. The molecule has 1 aliphatic rings. The molecular weight excluding hydrogens is 407 g/mol. The fourth-order valence-electron chi connectivity index (χ4n) is 3.97. The molecule has 0 aliphatic carbocycles. The lowest BCUT2D eigenvalue weighted by Gasteiger charge is -2.26. The smallest absolute Gasteiger partial charge is 0.282 e. The number of nitrogens with two attached hydrogens (primary N) is 1. The Hall–Kier alpha value is -3.87. The largest absolute Gasteiger partial charge is 0.439 e. The van der Waals surface area contributed by atoms with Crippen LogP contribution in [0.25, 0.3) is 16.7 Å². The second-order valence-corrected chi connectivity index (χ2v) is 7.80. The molecule has 3 heterocycles. The number of hydrogen-bond donors (Lipinski definition) is 1. The Kier molecular flexibility index (Phi) is 5.81. The SMILES string of the molecule is C=C(F)C(=O)N1CC=C(c2c(-c3ccc(Oc4cccc(C)n4)cc3)c(N)cn2C)CC1. The van der Waals surface area contributed by atoms with Crippen molar-refractivity contribution in [2.24, 2.45) is 7.05 Å². The number of carbonyl (C=O) groups excluding carboxylic acids is 1. The van der Waals surface area contributed by atoms with Gasteiger partial charge in [0.25, 0.3) is 5.91 Å². The van der Waals surface area contributed by atoms with Gasteiger partial charge < -0.3 is 19.9 Å². The summed E-state index contributed by atoms with van der Waals surface area (Å²) in [6.07, 6.45) is 4.43. The van der Waals surface area contributed by atoms with Crippen molar-refractivity contribution in [3.05, 3.63) is 78.5 Å². The van der Waals surface area contributed by atoms with Crippen molar-refractivity contribution in [3.8, 4) is 22.8 Å². The molecular formula is C25H25FN4O2. The zero-order valence-electron chi connectivity index (χ0n) is 18.1. The number of aromatic nitrogens is 2. The number of rotatable bonds is 5. The van der Waals surface area contributed by atoms with Gasteiger partial charge in [0, 0.05) is 43.7 Å². The number of halogens is 1. The Morgan fingerprint density at radius 3 is 2.59 bits per heavy atom. The Morgan fingerprint density at radius 2 is 1.97 bits per heavy atom. The van der Waals surface area contributed by atoms with Gasteiger partial charge in [-0.05, 0) is 42.7 Å². The summed E-state index contributed by atoms with van der Waals surface area (Å²) in [4.78, 5) is 17.7. The van der Waals surface area contributed by atoms with E-state index in [0.717, 1.165) is 28.1 Å². The van der Waals surface area contributed by atoms with E-state index in [-0.39, 0.29) is 0 Å². The molecule has 4 rings (SSSR count). The van der Waals surface area contributed by atoms with E-state index in [2.05, 4.69) is 11.6 Å². The van der Waals surface area contributed by atoms with E-state index < -0.39 is 11.7 Å². The van der Waals surface area contributed by atoms with Crippen molar-refractivity contribution in [3.63, 3.8) is 0 Å². The molecule has 32 heavy (non-hydrogen) atoms. The predicted molar refractivity (Wildman–Crippen MR) is 124 cm³/mol. The summed E-state index contributed by atoms with van der Waals surface area (Å²) >= 11 is 0. The van der Waals surface area contributed by atoms with Crippen LogP contribution in [0.3, 0.4) is 0 Å². The Labute approximate surface area is 186 Å². The number of benzene rings is 1. The van der Waals surface area contributed by atoms with E-state index in [1.807, 2.05) is 73.3 Å². The van der Waals surface area contributed by atoms with Gasteiger partial charge in [0.05, 0.1) is 11.4 Å². The maximum Gasteiger partial charge on any atom is 0.282 e. The van der Waals surface area contributed by atoms with E-state index in [1.165, 1.54) is 4.90 Å². The van der Waals surface area contributed by atoms with Crippen LogP contribution in [0.1, 0.15) is 17.8 Å². The number of ether oxygens (including phenoxy) is 1. The molecule has 1 aromatic carbocycles. The van der Waals surface area contributed by atoms with Crippen LogP contribution in [0.4, 0.5) is 10.1 Å². The lowest BCUT2D eigenvalue weighted by atomic mass is 9.96. The number of nitrogens with zero attached hydrogens (tertiary/aromatic N) is 3. The van der Waals surface area contributed by atoms with Gasteiger partial charge in [-0.3, -0.25) is 4.79 Å². The maximum atomic E-state index is 13.2. The molecule has 164 valence electrons. The Balaban J connectivity index is 1.60. The summed E-state index contributed by atoms with van der Waals surface area (Å²) in [6.45, 7) is 5.77. The highest BCUT2D eigenvalue weighted by Gasteiger charge is 2.24. The molecule has 0 saturated carbocycles. The van der Waals surface area contributed by atoms with E-state index in [4.69, 9.17) is 10.5 Å². The molecule has 2 aromatic heterocycles. The quantitative estimate of drug-likeness (QED) is 0.584. The van der Waals surface area contributed by atoms with Crippen molar-refractivity contribution in [2.75, 3.05) is 18.8 Å². The highest BCUT2D eigenvalue weighted by Crippen LogP contribution is 2.38. The van der Waals surface area contributed by atoms with Crippen LogP contribution in [0.15, 0.2) is 67.1 Å². The lowest BCUT2D eigenvalue weighted by molar-refractivity contribution is -0.128. The Bertz CT molecular complexity index is 1210. The van der Waals surface area contributed by atoms with Crippen molar-refractivity contribution in [1.82, 2.24) is 14.5 Å². The van der Waals surface area contributed by atoms with Gasteiger partial charge in [-0.15, -0.1) is 0 Å². The standard InChI is InChI=1S/C25H25FN4O2/c1-16-5-4-6-22(28-16)32-20-9-7-18(8-10-20)23-21(27)15-29(3)24(23)19-11-13-30(14-12-19)25(31)17(2)26/h4-11,15H,2,12-14,27H2,1,3H3. The molecule has 7 heteroatoms. The highest BCUT2D eigenvalue weighted by atomic mass is 19.1. The first-order chi connectivity index (χ1) is 15.3. The minimum atomic E-state index is -0.936. The van der Waals surface area contributed by atoms with Crippen molar-refractivity contribution >= 4 is 17.2 Å².